The lowest BCUT2D eigenvalue weighted by atomic mass is 10.3. The summed E-state index contributed by atoms with van der Waals surface area (Å²) in [5.41, 5.74) is 0. The molecule has 2 aliphatic rings. The Balaban J connectivity index is 2.01. The van der Waals surface area contributed by atoms with Crippen LogP contribution in [0.2, 0.25) is 0 Å². The molecule has 0 spiro atoms. The second-order valence-corrected chi connectivity index (χ2v) is 7.05. The number of rotatable bonds is 4. The van der Waals surface area contributed by atoms with Gasteiger partial charge >= 0.3 is 0 Å². The van der Waals surface area contributed by atoms with Gasteiger partial charge in [-0.05, 0) is 31.6 Å². The first-order valence-corrected chi connectivity index (χ1v) is 7.75. The molecule has 3 rings (SSSR count). The summed E-state index contributed by atoms with van der Waals surface area (Å²) in [6.07, 6.45) is 5.24. The lowest BCUT2D eigenvalue weighted by Gasteiger charge is -2.06. The van der Waals surface area contributed by atoms with Gasteiger partial charge in [0.25, 0.3) is 14.2 Å². The van der Waals surface area contributed by atoms with Gasteiger partial charge in [0.05, 0.1) is 0 Å². The first-order valence-electron chi connectivity index (χ1n) is 5.44. The van der Waals surface area contributed by atoms with E-state index in [2.05, 4.69) is 10.2 Å². The van der Waals surface area contributed by atoms with Crippen LogP contribution in [0, 0.1) is 5.92 Å². The standard InChI is InChI=1S/C9H12ClN3O2S/c10-16(14,15)9-12-11-8(5-6-1-2-6)13(9)7-3-4-7/h6-7H,1-5H2. The summed E-state index contributed by atoms with van der Waals surface area (Å²) in [6.45, 7) is 0. The van der Waals surface area contributed by atoms with E-state index in [1.54, 1.807) is 4.57 Å². The number of aromatic nitrogens is 3. The van der Waals surface area contributed by atoms with Crippen molar-refractivity contribution in [3.8, 4) is 0 Å². The van der Waals surface area contributed by atoms with Gasteiger partial charge in [-0.15, -0.1) is 10.2 Å². The van der Waals surface area contributed by atoms with Crippen LogP contribution in [0.15, 0.2) is 5.16 Å². The third kappa shape index (κ3) is 1.96. The van der Waals surface area contributed by atoms with Crippen LogP contribution in [0.5, 0.6) is 0 Å². The van der Waals surface area contributed by atoms with Crippen LogP contribution < -0.4 is 0 Å². The van der Waals surface area contributed by atoms with Crippen molar-refractivity contribution in [3.63, 3.8) is 0 Å². The molecule has 7 heteroatoms. The summed E-state index contributed by atoms with van der Waals surface area (Å²) >= 11 is 0. The number of nitrogens with zero attached hydrogens (tertiary/aromatic N) is 3. The molecule has 0 aliphatic heterocycles. The molecular weight excluding hydrogens is 250 g/mol. The van der Waals surface area contributed by atoms with E-state index in [4.69, 9.17) is 10.7 Å². The van der Waals surface area contributed by atoms with Crippen LogP contribution in [0.25, 0.3) is 0 Å². The molecule has 0 N–H and O–H groups in total. The third-order valence-electron chi connectivity index (χ3n) is 3.03. The highest BCUT2D eigenvalue weighted by Gasteiger charge is 2.35. The topological polar surface area (TPSA) is 64.8 Å². The van der Waals surface area contributed by atoms with Gasteiger partial charge in [-0.3, -0.25) is 4.57 Å². The molecule has 0 radical (unpaired) electrons. The smallest absolute Gasteiger partial charge is 0.296 e. The Bertz CT molecular complexity index is 517. The largest absolute Gasteiger partial charge is 0.298 e. The van der Waals surface area contributed by atoms with E-state index in [1.807, 2.05) is 0 Å². The summed E-state index contributed by atoms with van der Waals surface area (Å²) in [5.74, 6) is 1.44. The van der Waals surface area contributed by atoms with E-state index in [0.717, 1.165) is 25.1 Å². The number of hydrogen-bond donors (Lipinski definition) is 0. The molecule has 0 aromatic carbocycles. The maximum atomic E-state index is 11.3. The number of halogens is 1. The molecule has 0 saturated heterocycles. The van der Waals surface area contributed by atoms with Crippen molar-refractivity contribution >= 4 is 19.7 Å². The monoisotopic (exact) mass is 261 g/mol. The van der Waals surface area contributed by atoms with Gasteiger partial charge in [0.15, 0.2) is 0 Å². The minimum absolute atomic E-state index is 0.0766. The molecule has 2 aliphatic carbocycles. The molecule has 0 bridgehead atoms. The molecule has 1 heterocycles. The Morgan fingerprint density at radius 2 is 1.94 bits per heavy atom. The zero-order valence-electron chi connectivity index (χ0n) is 8.63. The van der Waals surface area contributed by atoms with Gasteiger partial charge < -0.3 is 0 Å². The second-order valence-electron chi connectivity index (χ2n) is 4.59. The zero-order valence-corrected chi connectivity index (χ0v) is 10.2. The molecule has 88 valence electrons. The molecule has 0 amide bonds. The second kappa shape index (κ2) is 3.43. The van der Waals surface area contributed by atoms with E-state index in [-0.39, 0.29) is 11.2 Å². The Morgan fingerprint density at radius 1 is 1.25 bits per heavy atom. The van der Waals surface area contributed by atoms with Gasteiger partial charge in [-0.2, -0.15) is 0 Å². The average Bonchev–Trinajstić information content (AvgIpc) is 3.05. The van der Waals surface area contributed by atoms with Gasteiger partial charge in [-0.1, -0.05) is 0 Å². The fourth-order valence-corrected chi connectivity index (χ4v) is 2.84. The summed E-state index contributed by atoms with van der Waals surface area (Å²) in [4.78, 5) is 0. The van der Waals surface area contributed by atoms with Crippen molar-refractivity contribution in [1.29, 1.82) is 0 Å². The molecule has 5 nitrogen and oxygen atoms in total. The third-order valence-corrected chi connectivity index (χ3v) is 4.16. The van der Waals surface area contributed by atoms with Gasteiger partial charge in [-0.25, -0.2) is 8.42 Å². The van der Waals surface area contributed by atoms with Crippen LogP contribution >= 0.6 is 10.7 Å². The Labute approximate surface area is 98.2 Å². The number of hydrogen-bond acceptors (Lipinski definition) is 4. The quantitative estimate of drug-likeness (QED) is 0.771. The van der Waals surface area contributed by atoms with Gasteiger partial charge in [0.1, 0.15) is 5.82 Å². The lowest BCUT2D eigenvalue weighted by Crippen LogP contribution is -2.08. The molecule has 0 unspecified atom stereocenters. The molecule has 0 atom stereocenters. The highest BCUT2D eigenvalue weighted by molar-refractivity contribution is 8.13. The molecular formula is C9H12ClN3O2S. The van der Waals surface area contributed by atoms with Crippen molar-refractivity contribution in [2.24, 2.45) is 5.92 Å². The molecule has 16 heavy (non-hydrogen) atoms. The highest BCUT2D eigenvalue weighted by Crippen LogP contribution is 2.40. The Kier molecular flexibility index (Phi) is 2.26. The normalized spacial score (nSPS) is 21.3. The molecule has 1 aromatic rings. The maximum Gasteiger partial charge on any atom is 0.296 e. The van der Waals surface area contributed by atoms with Crippen molar-refractivity contribution in [2.75, 3.05) is 0 Å². The van der Waals surface area contributed by atoms with E-state index in [9.17, 15) is 8.42 Å². The van der Waals surface area contributed by atoms with E-state index in [0.29, 0.717) is 5.92 Å². The van der Waals surface area contributed by atoms with Crippen molar-refractivity contribution in [3.05, 3.63) is 5.82 Å². The zero-order chi connectivity index (χ0) is 11.3. The van der Waals surface area contributed by atoms with Crippen LogP contribution in [0.3, 0.4) is 0 Å². The lowest BCUT2D eigenvalue weighted by molar-refractivity contribution is 0.564. The molecule has 1 aromatic heterocycles. The first kappa shape index (κ1) is 10.5. The predicted molar refractivity (Wildman–Crippen MR) is 57.8 cm³/mol. The summed E-state index contributed by atoms with van der Waals surface area (Å²) in [6, 6.07) is 0.243. The average molecular weight is 262 g/mol. The van der Waals surface area contributed by atoms with Gasteiger partial charge in [0.2, 0.25) is 0 Å². The Hall–Kier alpha value is -0.620. The maximum absolute atomic E-state index is 11.3. The summed E-state index contributed by atoms with van der Waals surface area (Å²) in [7, 11) is 1.58. The van der Waals surface area contributed by atoms with Gasteiger partial charge in [0, 0.05) is 23.1 Å². The van der Waals surface area contributed by atoms with Crippen LogP contribution in [-0.2, 0) is 15.5 Å². The fourth-order valence-electron chi connectivity index (χ4n) is 1.89. The van der Waals surface area contributed by atoms with E-state index in [1.165, 1.54) is 12.8 Å². The highest BCUT2D eigenvalue weighted by atomic mass is 35.7. The fraction of sp³-hybridized carbons (Fsp3) is 0.778. The van der Waals surface area contributed by atoms with Crippen LogP contribution in [-0.4, -0.2) is 23.2 Å². The summed E-state index contributed by atoms with van der Waals surface area (Å²) in [5, 5.41) is 7.62. The summed E-state index contributed by atoms with van der Waals surface area (Å²) < 4.78 is 24.4. The SMILES string of the molecule is O=S(=O)(Cl)c1nnc(CC2CC2)n1C1CC1. The Morgan fingerprint density at radius 3 is 2.44 bits per heavy atom. The first-order chi connectivity index (χ1) is 7.55. The predicted octanol–water partition coefficient (Wildman–Crippen LogP) is 1.49. The molecule has 2 saturated carbocycles. The van der Waals surface area contributed by atoms with Crippen LogP contribution in [0.4, 0.5) is 0 Å². The minimum atomic E-state index is -3.77. The minimum Gasteiger partial charge on any atom is -0.298 e. The van der Waals surface area contributed by atoms with E-state index < -0.39 is 9.05 Å². The van der Waals surface area contributed by atoms with E-state index >= 15 is 0 Å². The van der Waals surface area contributed by atoms with Crippen molar-refractivity contribution < 1.29 is 8.42 Å². The molecule has 2 fully saturated rings. The van der Waals surface area contributed by atoms with Crippen LogP contribution in [0.1, 0.15) is 37.5 Å². The van der Waals surface area contributed by atoms with Crippen molar-refractivity contribution in [1.82, 2.24) is 14.8 Å². The van der Waals surface area contributed by atoms with Crippen molar-refractivity contribution in [2.45, 2.75) is 43.3 Å².